The minimum Gasteiger partial charge on any atom is -0.852 e. The van der Waals surface area contributed by atoms with Crippen LogP contribution in [-0.4, -0.2) is 6.10 Å². The molecule has 0 bridgehead atoms. The van der Waals surface area contributed by atoms with E-state index in [1.165, 1.54) is 0 Å². The molecule has 1 aliphatic carbocycles. The molecular weight excluding hydrogens is 214 g/mol. The molecule has 13 heavy (non-hydrogen) atoms. The van der Waals surface area contributed by atoms with Crippen molar-refractivity contribution in [2.75, 3.05) is 0 Å². The van der Waals surface area contributed by atoms with Gasteiger partial charge >= 0.3 is 103 Å². The maximum Gasteiger partial charge on any atom is 1.00 e. The summed E-state index contributed by atoms with van der Waals surface area (Å²) in [6.45, 7) is 9.63. The van der Waals surface area contributed by atoms with Crippen molar-refractivity contribution in [2.45, 2.75) is 32.3 Å². The van der Waals surface area contributed by atoms with E-state index in [4.69, 9.17) is 0 Å². The third kappa shape index (κ3) is 6.32. The van der Waals surface area contributed by atoms with E-state index in [1.807, 2.05) is 0 Å². The number of hydrogen-bond acceptors (Lipinski definition) is 1. The van der Waals surface area contributed by atoms with E-state index in [1.54, 1.807) is 0 Å². The van der Waals surface area contributed by atoms with Gasteiger partial charge in [0.1, 0.15) is 0 Å². The SMILES string of the molecule is [CH2]C(=C)[C@@H]1CC[C@@H](C)C[C@H]1[O-].[K+].[K+]. The van der Waals surface area contributed by atoms with Crippen LogP contribution < -0.4 is 108 Å². The quantitative estimate of drug-likeness (QED) is 0.417. The van der Waals surface area contributed by atoms with Gasteiger partial charge < -0.3 is 5.11 Å². The molecule has 1 fully saturated rings. The van der Waals surface area contributed by atoms with Crippen LogP contribution in [0, 0.1) is 18.8 Å². The Hall–Kier alpha value is 2.97. The minimum atomic E-state index is -0.441. The summed E-state index contributed by atoms with van der Waals surface area (Å²) >= 11 is 0. The fraction of sp³-hybridized carbons (Fsp3) is 0.700. The van der Waals surface area contributed by atoms with Crippen molar-refractivity contribution in [1.29, 1.82) is 0 Å². The van der Waals surface area contributed by atoms with Crippen molar-refractivity contribution in [2.24, 2.45) is 11.8 Å². The fourth-order valence-corrected chi connectivity index (χ4v) is 1.80. The fourth-order valence-electron chi connectivity index (χ4n) is 1.80. The Bertz CT molecular complexity index is 159. The first-order valence-electron chi connectivity index (χ1n) is 4.28. The average Bonchev–Trinajstić information content (AvgIpc) is 1.85. The molecule has 0 aromatic rings. The molecule has 0 aromatic heterocycles. The van der Waals surface area contributed by atoms with Crippen molar-refractivity contribution in [3.05, 3.63) is 19.1 Å². The molecule has 0 amide bonds. The van der Waals surface area contributed by atoms with Crippen molar-refractivity contribution < 1.29 is 108 Å². The monoisotopic (exact) mass is 230 g/mol. The minimum absolute atomic E-state index is 0. The summed E-state index contributed by atoms with van der Waals surface area (Å²) < 4.78 is 0. The third-order valence-electron chi connectivity index (χ3n) is 2.58. The Morgan fingerprint density at radius 2 is 1.85 bits per heavy atom. The molecule has 63 valence electrons. The molecule has 0 aromatic carbocycles. The summed E-state index contributed by atoms with van der Waals surface area (Å²) in [4.78, 5) is 0. The molecule has 1 nitrogen and oxygen atoms in total. The van der Waals surface area contributed by atoms with Gasteiger partial charge in [-0.15, -0.1) is 6.10 Å². The number of rotatable bonds is 1. The van der Waals surface area contributed by atoms with E-state index in [0.717, 1.165) is 24.8 Å². The smallest absolute Gasteiger partial charge is 0.852 e. The van der Waals surface area contributed by atoms with Crippen molar-refractivity contribution in [1.82, 2.24) is 0 Å². The largest absolute Gasteiger partial charge is 1.00 e. The molecule has 0 spiro atoms. The molecule has 1 saturated carbocycles. The Kier molecular flexibility index (Phi) is 12.8. The van der Waals surface area contributed by atoms with E-state index in [0.29, 0.717) is 5.92 Å². The van der Waals surface area contributed by atoms with Crippen LogP contribution >= 0.6 is 0 Å². The van der Waals surface area contributed by atoms with Crippen LogP contribution in [0.15, 0.2) is 12.2 Å². The molecule has 0 unspecified atom stereocenters. The molecule has 0 aliphatic heterocycles. The first kappa shape index (κ1) is 18.3. The van der Waals surface area contributed by atoms with E-state index < -0.39 is 6.10 Å². The van der Waals surface area contributed by atoms with Gasteiger partial charge in [0.25, 0.3) is 0 Å². The third-order valence-corrected chi connectivity index (χ3v) is 2.58. The van der Waals surface area contributed by atoms with E-state index >= 15 is 0 Å². The summed E-state index contributed by atoms with van der Waals surface area (Å²) in [5, 5.41) is 11.4. The zero-order chi connectivity index (χ0) is 8.43. The summed E-state index contributed by atoms with van der Waals surface area (Å²) in [6.07, 6.45) is 2.53. The number of hydrogen-bond donors (Lipinski definition) is 0. The van der Waals surface area contributed by atoms with E-state index in [-0.39, 0.29) is 109 Å². The van der Waals surface area contributed by atoms with Crippen LogP contribution in [0.3, 0.4) is 0 Å². The van der Waals surface area contributed by atoms with Crippen molar-refractivity contribution >= 4 is 0 Å². The summed E-state index contributed by atoms with van der Waals surface area (Å²) in [5.74, 6) is 0.749. The topological polar surface area (TPSA) is 23.1 Å². The standard InChI is InChI=1S/C10H16O.2K/c1-7(2)9-5-4-8(3)6-10(9)11;;/h8-10H,1-2,4-6H2,3H3;;/q-1;2*+1/t8-,9+,10-;;/m1../s1. The van der Waals surface area contributed by atoms with Crippen LogP contribution in [0.2, 0.25) is 0 Å². The van der Waals surface area contributed by atoms with Gasteiger partial charge in [-0.05, 0) is 25.2 Å². The molecule has 0 N–H and O–H groups in total. The second-order valence-electron chi connectivity index (χ2n) is 3.72. The zero-order valence-electron chi connectivity index (χ0n) is 9.18. The van der Waals surface area contributed by atoms with Crippen LogP contribution in [0.5, 0.6) is 0 Å². The van der Waals surface area contributed by atoms with E-state index in [2.05, 4.69) is 20.4 Å². The maximum absolute atomic E-state index is 11.4. The Labute approximate surface area is 167 Å². The summed E-state index contributed by atoms with van der Waals surface area (Å²) in [6, 6.07) is 0. The summed E-state index contributed by atoms with van der Waals surface area (Å²) in [5.41, 5.74) is 0.830. The van der Waals surface area contributed by atoms with Crippen molar-refractivity contribution in [3.63, 3.8) is 0 Å². The van der Waals surface area contributed by atoms with Gasteiger partial charge in [0.15, 0.2) is 0 Å². The second-order valence-corrected chi connectivity index (χ2v) is 3.72. The molecule has 0 heterocycles. The zero-order valence-corrected chi connectivity index (χ0v) is 15.4. The second kappa shape index (κ2) is 9.05. The molecule has 1 rings (SSSR count). The summed E-state index contributed by atoms with van der Waals surface area (Å²) in [7, 11) is 0. The normalized spacial score (nSPS) is 32.7. The van der Waals surface area contributed by atoms with Gasteiger partial charge in [-0.1, -0.05) is 31.9 Å². The molecule has 0 saturated heterocycles. The van der Waals surface area contributed by atoms with Crippen LogP contribution in [-0.2, 0) is 0 Å². The van der Waals surface area contributed by atoms with Gasteiger partial charge in [-0.25, -0.2) is 0 Å². The molecule has 1 aliphatic rings. The Morgan fingerprint density at radius 3 is 2.23 bits per heavy atom. The molecule has 3 heteroatoms. The molecular formula is C10H16K2O+. The van der Waals surface area contributed by atoms with Gasteiger partial charge in [-0.2, -0.15) is 0 Å². The van der Waals surface area contributed by atoms with Gasteiger partial charge in [-0.3, -0.25) is 0 Å². The molecule has 1 radical (unpaired) electrons. The van der Waals surface area contributed by atoms with E-state index in [9.17, 15) is 5.11 Å². The Morgan fingerprint density at radius 1 is 1.31 bits per heavy atom. The van der Waals surface area contributed by atoms with Crippen LogP contribution in [0.25, 0.3) is 0 Å². The maximum atomic E-state index is 11.4. The van der Waals surface area contributed by atoms with Crippen molar-refractivity contribution in [3.8, 4) is 0 Å². The van der Waals surface area contributed by atoms with Crippen LogP contribution in [0.4, 0.5) is 0 Å². The first-order chi connectivity index (χ1) is 5.11. The molecule has 3 atom stereocenters. The predicted octanol–water partition coefficient (Wildman–Crippen LogP) is -4.45. The first-order valence-corrected chi connectivity index (χ1v) is 4.28. The van der Waals surface area contributed by atoms with Gasteiger partial charge in [0, 0.05) is 0 Å². The van der Waals surface area contributed by atoms with Gasteiger partial charge in [0.2, 0.25) is 0 Å². The van der Waals surface area contributed by atoms with Crippen LogP contribution in [0.1, 0.15) is 26.2 Å². The predicted molar refractivity (Wildman–Crippen MR) is 44.8 cm³/mol. The average molecular weight is 230 g/mol. The Balaban J connectivity index is 0. The van der Waals surface area contributed by atoms with Gasteiger partial charge in [0.05, 0.1) is 0 Å².